The fraction of sp³-hybridized carbons (Fsp3) is 0.684. The maximum Gasteiger partial charge on any atom is 0.161 e. The zero-order valence-electron chi connectivity index (χ0n) is 26.3. The van der Waals surface area contributed by atoms with Crippen molar-refractivity contribution in [1.29, 1.82) is 0 Å². The maximum absolute atomic E-state index is 11.0. The number of rotatable bonds is 4. The van der Waals surface area contributed by atoms with Crippen LogP contribution in [0.3, 0.4) is 0 Å². The summed E-state index contributed by atoms with van der Waals surface area (Å²) in [6.45, 7) is -6.18. The van der Waals surface area contributed by atoms with Crippen LogP contribution >= 0.6 is 0 Å². The second kappa shape index (κ2) is 6.70. The molecule has 2 aliphatic heterocycles. The van der Waals surface area contributed by atoms with Gasteiger partial charge in [0.1, 0.15) is 0 Å². The Bertz CT molecular complexity index is 1060. The van der Waals surface area contributed by atoms with E-state index in [1.54, 1.807) is 0 Å². The normalized spacial score (nSPS) is 47.0. The van der Waals surface area contributed by atoms with Crippen LogP contribution in [0.4, 0.5) is 0 Å². The van der Waals surface area contributed by atoms with Crippen molar-refractivity contribution in [2.75, 3.05) is 27.3 Å². The van der Waals surface area contributed by atoms with E-state index in [4.69, 9.17) is 25.9 Å². The molecule has 4 nitrogen and oxygen atoms in total. The molecule has 1 N–H and O–H groups in total. The van der Waals surface area contributed by atoms with Crippen LogP contribution in [-0.2, 0) is 6.37 Å². The Hall–Kier alpha value is -1.26. The van der Waals surface area contributed by atoms with Gasteiger partial charge in [-0.2, -0.15) is 0 Å². The van der Waals surface area contributed by atoms with Crippen molar-refractivity contribution in [2.24, 2.45) is 11.8 Å². The highest BCUT2D eigenvalue weighted by Crippen LogP contribution is 2.43. The first kappa shape index (κ1) is 6.93. The predicted octanol–water partition coefficient (Wildman–Crippen LogP) is 3.03. The van der Waals surface area contributed by atoms with Gasteiger partial charge in [-0.3, -0.25) is 4.90 Å². The molecule has 128 valence electrons. The van der Waals surface area contributed by atoms with E-state index in [0.29, 0.717) is 4.90 Å². The molecular formula is C19H29NO3. The summed E-state index contributed by atoms with van der Waals surface area (Å²) < 4.78 is 119. The van der Waals surface area contributed by atoms with Gasteiger partial charge < -0.3 is 14.6 Å². The monoisotopic (exact) mass is 332 g/mol. The lowest BCUT2D eigenvalue weighted by atomic mass is 9.79. The Morgan fingerprint density at radius 3 is 3.00 bits per heavy atom. The van der Waals surface area contributed by atoms with Gasteiger partial charge in [0.2, 0.25) is 0 Å². The molecule has 4 unspecified atom stereocenters. The third-order valence-electron chi connectivity index (χ3n) is 3.92. The highest BCUT2D eigenvalue weighted by molar-refractivity contribution is 5.49. The largest absolute Gasteiger partial charge is 0.493 e. The fourth-order valence-corrected chi connectivity index (χ4v) is 2.84. The second-order valence-corrected chi connectivity index (χ2v) is 5.51. The molecule has 0 spiro atoms. The van der Waals surface area contributed by atoms with E-state index in [-0.39, 0.29) is 11.5 Å². The number of methoxy groups -OCH3 is 2. The summed E-state index contributed by atoms with van der Waals surface area (Å²) in [5.41, 5.74) is -1.06. The average Bonchev–Trinajstić information content (AvgIpc) is 2.71. The van der Waals surface area contributed by atoms with Crippen LogP contribution < -0.4 is 9.47 Å². The molecule has 23 heavy (non-hydrogen) atoms. The molecule has 4 heteroatoms. The van der Waals surface area contributed by atoms with E-state index in [1.165, 1.54) is 7.11 Å². The quantitative estimate of drug-likeness (QED) is 0.920. The van der Waals surface area contributed by atoms with Crippen LogP contribution in [0.2, 0.25) is 0 Å². The minimum atomic E-state index is -3.12. The van der Waals surface area contributed by atoms with Crippen molar-refractivity contribution in [3.63, 3.8) is 0 Å². The first-order chi connectivity index (χ1) is 16.1. The lowest BCUT2D eigenvalue weighted by Crippen LogP contribution is -2.48. The van der Waals surface area contributed by atoms with Crippen LogP contribution in [0.25, 0.3) is 0 Å². The van der Waals surface area contributed by atoms with E-state index < -0.39 is 86.2 Å². The number of nitrogens with zero attached hydrogens (tertiary/aromatic N) is 1. The number of piperidine rings is 1. The average molecular weight is 333 g/mol. The van der Waals surface area contributed by atoms with Gasteiger partial charge in [0.25, 0.3) is 0 Å². The Labute approximate surface area is 157 Å². The number of hydrogen-bond donors (Lipinski definition) is 1. The van der Waals surface area contributed by atoms with E-state index in [0.717, 1.165) is 14.0 Å². The first-order valence-electron chi connectivity index (χ1n) is 13.8. The van der Waals surface area contributed by atoms with Crippen LogP contribution in [-0.4, -0.2) is 43.4 Å². The van der Waals surface area contributed by atoms with E-state index in [1.807, 2.05) is 0 Å². The summed E-state index contributed by atoms with van der Waals surface area (Å²) in [6.07, 6.45) is -8.47. The molecule has 0 aromatic heterocycles. The van der Waals surface area contributed by atoms with Crippen molar-refractivity contribution in [1.82, 2.24) is 4.90 Å². The first-order valence-corrected chi connectivity index (χ1v) is 7.29. The Balaban J connectivity index is 2.32. The third-order valence-corrected chi connectivity index (χ3v) is 3.92. The number of benzene rings is 1. The maximum atomic E-state index is 11.0. The van der Waals surface area contributed by atoms with Gasteiger partial charge in [-0.15, -0.1) is 0 Å². The van der Waals surface area contributed by atoms with Gasteiger partial charge in [-0.05, 0) is 54.2 Å². The number of aliphatic hydroxyl groups excluding tert-OH is 1. The van der Waals surface area contributed by atoms with Crippen molar-refractivity contribution >= 4 is 0 Å². The van der Waals surface area contributed by atoms with Crippen molar-refractivity contribution in [2.45, 2.75) is 45.1 Å². The smallest absolute Gasteiger partial charge is 0.161 e. The third kappa shape index (κ3) is 3.20. The van der Waals surface area contributed by atoms with E-state index >= 15 is 0 Å². The molecule has 1 saturated heterocycles. The summed E-state index contributed by atoms with van der Waals surface area (Å²) in [4.78, 5) is 0.649. The SMILES string of the molecule is [2H]c1c(OC)c(OC)c([2H])c2c1C1([2H])CC(O)C(C([2H])([2H])C([2H])(C)C([2H])([2H])[2H])CN1C([2H])([2H])C2([2H])[2H]. The summed E-state index contributed by atoms with van der Waals surface area (Å²) in [5, 5.41) is 11.0. The van der Waals surface area contributed by atoms with E-state index in [2.05, 4.69) is 0 Å². The number of ether oxygens (including phenoxy) is 2. The second-order valence-electron chi connectivity index (χ2n) is 5.51. The number of fused-ring (bicyclic) bond motifs is 3. The molecule has 0 saturated carbocycles. The van der Waals surface area contributed by atoms with Gasteiger partial charge in [-0.25, -0.2) is 0 Å². The predicted molar refractivity (Wildman–Crippen MR) is 91.1 cm³/mol. The highest BCUT2D eigenvalue weighted by atomic mass is 16.5. The number of aliphatic hydroxyl groups is 1. The Morgan fingerprint density at radius 2 is 2.30 bits per heavy atom. The summed E-state index contributed by atoms with van der Waals surface area (Å²) in [7, 11) is 2.34. The topological polar surface area (TPSA) is 41.9 Å². The minimum Gasteiger partial charge on any atom is -0.493 e. The lowest BCUT2D eigenvalue weighted by molar-refractivity contribution is -0.0191. The summed E-state index contributed by atoms with van der Waals surface area (Å²) >= 11 is 0. The van der Waals surface area contributed by atoms with Crippen molar-refractivity contribution in [3.05, 3.63) is 23.2 Å². The standard InChI is InChI=1S/C19H29NO3/c1-12(2)7-14-11-20-6-5-13-8-18(22-3)19(23-4)9-15(13)16(20)10-17(14)21/h8-9,12,14,16-17,21H,5-7,10-11H2,1-4H3/i1D3,5D2,6D2,7D2,8D,9D,12D,16D. The zero-order valence-corrected chi connectivity index (χ0v) is 13.3. The molecule has 0 amide bonds. The Kier molecular flexibility index (Phi) is 2.02. The van der Waals surface area contributed by atoms with Gasteiger partial charge >= 0.3 is 0 Å². The van der Waals surface area contributed by atoms with E-state index in [9.17, 15) is 6.48 Å². The summed E-state index contributed by atoms with van der Waals surface area (Å²) in [5.74, 6) is -5.06. The minimum absolute atomic E-state index is 0.292. The molecule has 3 rings (SSSR count). The lowest BCUT2D eigenvalue weighted by Gasteiger charge is -2.46. The van der Waals surface area contributed by atoms with Crippen LogP contribution in [0.5, 0.6) is 11.5 Å². The number of hydrogen-bond acceptors (Lipinski definition) is 4. The molecule has 1 fully saturated rings. The molecular weight excluding hydrogens is 290 g/mol. The van der Waals surface area contributed by atoms with Gasteiger partial charge in [0.05, 0.1) is 24.4 Å². The Morgan fingerprint density at radius 1 is 1.57 bits per heavy atom. The van der Waals surface area contributed by atoms with Gasteiger partial charge in [0.15, 0.2) is 11.5 Å². The van der Waals surface area contributed by atoms with Crippen molar-refractivity contribution < 1.29 is 32.4 Å². The van der Waals surface area contributed by atoms with Gasteiger partial charge in [0, 0.05) is 32.8 Å². The van der Waals surface area contributed by atoms with Crippen LogP contribution in [0.15, 0.2) is 12.1 Å². The van der Waals surface area contributed by atoms with Crippen molar-refractivity contribution in [3.8, 4) is 11.5 Å². The van der Waals surface area contributed by atoms with Crippen LogP contribution in [0, 0.1) is 11.8 Å². The summed E-state index contributed by atoms with van der Waals surface area (Å²) in [6, 6.07) is -3.55. The molecule has 2 aliphatic rings. The molecule has 0 aliphatic carbocycles. The molecule has 4 atom stereocenters. The zero-order chi connectivity index (χ0) is 28.0. The van der Waals surface area contributed by atoms with Gasteiger partial charge in [-0.1, -0.05) is 13.8 Å². The molecule has 1 aromatic carbocycles. The molecule has 2 heterocycles. The molecule has 1 aromatic rings. The highest BCUT2D eigenvalue weighted by Gasteiger charge is 2.38. The molecule has 0 bridgehead atoms. The van der Waals surface area contributed by atoms with Crippen LogP contribution in [0.1, 0.15) is 61.5 Å². The fourth-order valence-electron chi connectivity index (χ4n) is 2.84. The molecule has 0 radical (unpaired) electrons.